The molecule has 2 rings (SSSR count). The van der Waals surface area contributed by atoms with Gasteiger partial charge in [-0.1, -0.05) is 22.0 Å². The van der Waals surface area contributed by atoms with Gasteiger partial charge in [-0.3, -0.25) is 4.79 Å². The number of nitrogens with one attached hydrogen (secondary N) is 1. The molecule has 5 heteroatoms. The van der Waals surface area contributed by atoms with Gasteiger partial charge in [0.15, 0.2) is 0 Å². The van der Waals surface area contributed by atoms with Crippen LogP contribution in [0.15, 0.2) is 45.8 Å². The van der Waals surface area contributed by atoms with Crippen LogP contribution < -0.4 is 5.32 Å². The number of rotatable bonds is 2. The summed E-state index contributed by atoms with van der Waals surface area (Å²) >= 11 is 7.36. The van der Waals surface area contributed by atoms with Gasteiger partial charge in [-0.15, -0.1) is 12.6 Å². The summed E-state index contributed by atoms with van der Waals surface area (Å²) in [6.45, 7) is 1.82. The first-order valence-corrected chi connectivity index (χ1v) is 6.77. The molecule has 0 unspecified atom stereocenters. The second-order valence-electron chi connectivity index (χ2n) is 4.08. The maximum absolute atomic E-state index is 13.6. The predicted octanol–water partition coefficient (Wildman–Crippen LogP) is 4.44. The molecule has 0 saturated carbocycles. The summed E-state index contributed by atoms with van der Waals surface area (Å²) in [5.41, 5.74) is 1.44. The molecule has 0 bridgehead atoms. The molecule has 2 aromatic rings. The summed E-state index contributed by atoms with van der Waals surface area (Å²) in [5.74, 6) is -0.836. The Kier molecular flexibility index (Phi) is 4.27. The van der Waals surface area contributed by atoms with E-state index >= 15 is 0 Å². The summed E-state index contributed by atoms with van der Waals surface area (Å²) in [6, 6.07) is 9.74. The molecular weight excluding hydrogens is 329 g/mol. The minimum Gasteiger partial charge on any atom is -0.319 e. The molecule has 1 amide bonds. The Labute approximate surface area is 124 Å². The molecule has 0 aliphatic rings. The van der Waals surface area contributed by atoms with Crippen molar-refractivity contribution in [2.45, 2.75) is 11.8 Å². The number of anilines is 1. The van der Waals surface area contributed by atoms with E-state index in [0.717, 1.165) is 5.56 Å². The van der Waals surface area contributed by atoms with Crippen LogP contribution in [0, 0.1) is 12.7 Å². The maximum atomic E-state index is 13.6. The van der Waals surface area contributed by atoms with Crippen molar-refractivity contribution in [3.63, 3.8) is 0 Å². The minimum atomic E-state index is -0.484. The number of amides is 1. The molecule has 0 atom stereocenters. The quantitative estimate of drug-likeness (QED) is 0.778. The van der Waals surface area contributed by atoms with E-state index in [1.165, 1.54) is 12.1 Å². The number of hydrogen-bond acceptors (Lipinski definition) is 2. The lowest BCUT2D eigenvalue weighted by Crippen LogP contribution is -2.14. The van der Waals surface area contributed by atoms with Crippen molar-refractivity contribution < 1.29 is 9.18 Å². The Bertz CT molecular complexity index is 645. The van der Waals surface area contributed by atoms with Crippen LogP contribution in [0.1, 0.15) is 15.9 Å². The van der Waals surface area contributed by atoms with E-state index in [1.54, 1.807) is 24.3 Å². The summed E-state index contributed by atoms with van der Waals surface area (Å²) < 4.78 is 14.3. The molecule has 0 aliphatic carbocycles. The Balaban J connectivity index is 2.28. The SMILES string of the molecule is Cc1ccc(S)cc1C(=O)Nc1ccc(Br)cc1F. The van der Waals surface area contributed by atoms with Gasteiger partial charge < -0.3 is 5.32 Å². The van der Waals surface area contributed by atoms with E-state index in [0.29, 0.717) is 14.9 Å². The van der Waals surface area contributed by atoms with Crippen LogP contribution in [0.3, 0.4) is 0 Å². The van der Waals surface area contributed by atoms with Crippen molar-refractivity contribution in [3.05, 3.63) is 57.8 Å². The van der Waals surface area contributed by atoms with Crippen molar-refractivity contribution in [1.82, 2.24) is 0 Å². The summed E-state index contributed by atoms with van der Waals surface area (Å²) in [5, 5.41) is 2.55. The number of carbonyl (C=O) groups excluding carboxylic acids is 1. The van der Waals surface area contributed by atoms with E-state index in [-0.39, 0.29) is 11.6 Å². The third-order valence-electron chi connectivity index (χ3n) is 2.65. The monoisotopic (exact) mass is 339 g/mol. The van der Waals surface area contributed by atoms with Crippen LogP contribution in [0.5, 0.6) is 0 Å². The standard InChI is InChI=1S/C14H11BrFNOS/c1-8-2-4-10(19)7-11(8)14(18)17-13-5-3-9(15)6-12(13)16/h2-7,19H,1H3,(H,17,18). The molecule has 2 aromatic carbocycles. The smallest absolute Gasteiger partial charge is 0.256 e. The van der Waals surface area contributed by atoms with Gasteiger partial charge >= 0.3 is 0 Å². The summed E-state index contributed by atoms with van der Waals surface area (Å²) in [4.78, 5) is 12.8. The molecule has 0 fully saturated rings. The average molecular weight is 340 g/mol. The van der Waals surface area contributed by atoms with Gasteiger partial charge in [0.25, 0.3) is 5.91 Å². The topological polar surface area (TPSA) is 29.1 Å². The Hall–Kier alpha value is -1.33. The van der Waals surface area contributed by atoms with Crippen LogP contribution in [0.25, 0.3) is 0 Å². The summed E-state index contributed by atoms with van der Waals surface area (Å²) in [7, 11) is 0. The highest BCUT2D eigenvalue weighted by Crippen LogP contribution is 2.21. The molecule has 0 heterocycles. The zero-order valence-electron chi connectivity index (χ0n) is 10.1. The van der Waals surface area contributed by atoms with Crippen molar-refractivity contribution >= 4 is 40.2 Å². The molecule has 0 aliphatic heterocycles. The highest BCUT2D eigenvalue weighted by molar-refractivity contribution is 9.10. The van der Waals surface area contributed by atoms with E-state index in [4.69, 9.17) is 0 Å². The average Bonchev–Trinajstić information content (AvgIpc) is 2.35. The van der Waals surface area contributed by atoms with E-state index in [2.05, 4.69) is 33.9 Å². The fraction of sp³-hybridized carbons (Fsp3) is 0.0714. The Morgan fingerprint density at radius 1 is 1.26 bits per heavy atom. The van der Waals surface area contributed by atoms with Gasteiger partial charge in [0, 0.05) is 14.9 Å². The largest absolute Gasteiger partial charge is 0.319 e. The zero-order chi connectivity index (χ0) is 14.0. The lowest BCUT2D eigenvalue weighted by Gasteiger charge is -2.09. The first-order chi connectivity index (χ1) is 8.97. The minimum absolute atomic E-state index is 0.150. The van der Waals surface area contributed by atoms with Gasteiger partial charge in [-0.25, -0.2) is 4.39 Å². The molecule has 0 radical (unpaired) electrons. The molecule has 98 valence electrons. The first-order valence-electron chi connectivity index (χ1n) is 5.53. The fourth-order valence-corrected chi connectivity index (χ4v) is 2.17. The number of aryl methyl sites for hydroxylation is 1. The van der Waals surface area contributed by atoms with Crippen LogP contribution >= 0.6 is 28.6 Å². The Morgan fingerprint density at radius 3 is 2.68 bits per heavy atom. The molecule has 1 N–H and O–H groups in total. The van der Waals surface area contributed by atoms with Gasteiger partial charge in [-0.05, 0) is 42.8 Å². The van der Waals surface area contributed by atoms with Gasteiger partial charge in [-0.2, -0.15) is 0 Å². The number of hydrogen-bond donors (Lipinski definition) is 2. The molecule has 2 nitrogen and oxygen atoms in total. The molecular formula is C14H11BrFNOS. The second kappa shape index (κ2) is 5.75. The first kappa shape index (κ1) is 14.1. The number of benzene rings is 2. The lowest BCUT2D eigenvalue weighted by atomic mass is 10.1. The zero-order valence-corrected chi connectivity index (χ0v) is 12.6. The van der Waals surface area contributed by atoms with Gasteiger partial charge in [0.1, 0.15) is 5.82 Å². The lowest BCUT2D eigenvalue weighted by molar-refractivity contribution is 0.102. The normalized spacial score (nSPS) is 10.3. The maximum Gasteiger partial charge on any atom is 0.256 e. The molecule has 0 saturated heterocycles. The van der Waals surface area contributed by atoms with Crippen LogP contribution in [0.4, 0.5) is 10.1 Å². The van der Waals surface area contributed by atoms with Crippen LogP contribution in [-0.2, 0) is 0 Å². The van der Waals surface area contributed by atoms with Crippen molar-refractivity contribution in [2.24, 2.45) is 0 Å². The van der Waals surface area contributed by atoms with E-state index < -0.39 is 5.82 Å². The highest BCUT2D eigenvalue weighted by Gasteiger charge is 2.12. The van der Waals surface area contributed by atoms with Gasteiger partial charge in [0.05, 0.1) is 5.69 Å². The molecule has 0 aromatic heterocycles. The van der Waals surface area contributed by atoms with Crippen LogP contribution in [0.2, 0.25) is 0 Å². The van der Waals surface area contributed by atoms with E-state index in [9.17, 15) is 9.18 Å². The van der Waals surface area contributed by atoms with Crippen molar-refractivity contribution in [1.29, 1.82) is 0 Å². The molecule has 19 heavy (non-hydrogen) atoms. The predicted molar refractivity (Wildman–Crippen MR) is 80.5 cm³/mol. The third kappa shape index (κ3) is 3.36. The fourth-order valence-electron chi connectivity index (χ4n) is 1.64. The van der Waals surface area contributed by atoms with Crippen molar-refractivity contribution in [2.75, 3.05) is 5.32 Å². The summed E-state index contributed by atoms with van der Waals surface area (Å²) in [6.07, 6.45) is 0. The third-order valence-corrected chi connectivity index (χ3v) is 3.42. The second-order valence-corrected chi connectivity index (χ2v) is 5.51. The van der Waals surface area contributed by atoms with E-state index in [1.807, 2.05) is 6.92 Å². The number of carbonyl (C=O) groups is 1. The van der Waals surface area contributed by atoms with Gasteiger partial charge in [0.2, 0.25) is 0 Å². The highest BCUT2D eigenvalue weighted by atomic mass is 79.9. The number of thiol groups is 1. The van der Waals surface area contributed by atoms with Crippen LogP contribution in [-0.4, -0.2) is 5.91 Å². The molecule has 0 spiro atoms. The number of halogens is 2. The Morgan fingerprint density at radius 2 is 2.00 bits per heavy atom. The van der Waals surface area contributed by atoms with Crippen molar-refractivity contribution in [3.8, 4) is 0 Å².